The fourth-order valence-electron chi connectivity index (χ4n) is 2.01. The molecule has 1 aromatic rings. The van der Waals surface area contributed by atoms with E-state index in [2.05, 4.69) is 63.9 Å². The average molecular weight is 234 g/mol. The van der Waals surface area contributed by atoms with E-state index in [1.165, 1.54) is 11.3 Å². The van der Waals surface area contributed by atoms with Gasteiger partial charge in [-0.3, -0.25) is 0 Å². The quantitative estimate of drug-likeness (QED) is 0.844. The summed E-state index contributed by atoms with van der Waals surface area (Å²) in [5.74, 6) is 0.630. The second-order valence-corrected chi connectivity index (χ2v) is 5.17. The van der Waals surface area contributed by atoms with Crippen molar-refractivity contribution >= 4 is 5.69 Å². The smallest absolute Gasteiger partial charge is 0.0414 e. The highest BCUT2D eigenvalue weighted by Crippen LogP contribution is 2.28. The maximum atomic E-state index is 6.18. The highest BCUT2D eigenvalue weighted by atomic mass is 15.1. The van der Waals surface area contributed by atoms with Crippen molar-refractivity contribution < 1.29 is 0 Å². The summed E-state index contributed by atoms with van der Waals surface area (Å²) in [6.45, 7) is 8.90. The molecule has 0 amide bonds. The number of hydrogen-bond acceptors (Lipinski definition) is 2. The Bertz CT molecular complexity index is 347. The first kappa shape index (κ1) is 14.0. The Labute approximate surface area is 106 Å². The fourth-order valence-corrected chi connectivity index (χ4v) is 2.01. The Kier molecular flexibility index (Phi) is 5.01. The third kappa shape index (κ3) is 3.22. The van der Waals surface area contributed by atoms with Gasteiger partial charge in [-0.05, 0) is 30.9 Å². The molecule has 2 N–H and O–H groups in total. The summed E-state index contributed by atoms with van der Waals surface area (Å²) in [5.41, 5.74) is 8.70. The maximum Gasteiger partial charge on any atom is 0.0414 e. The van der Waals surface area contributed by atoms with E-state index in [4.69, 9.17) is 5.73 Å². The van der Waals surface area contributed by atoms with Gasteiger partial charge in [0.2, 0.25) is 0 Å². The Balaban J connectivity index is 3.04. The summed E-state index contributed by atoms with van der Waals surface area (Å²) in [7, 11) is 2.16. The molecule has 0 spiro atoms. The van der Waals surface area contributed by atoms with Gasteiger partial charge >= 0.3 is 0 Å². The minimum atomic E-state index is 0.132. The van der Waals surface area contributed by atoms with Crippen molar-refractivity contribution in [3.05, 3.63) is 29.8 Å². The molecule has 0 bridgehead atoms. The standard InChI is InChI=1S/C15H26N2/c1-6-14(16)13-9-7-8-10-15(13)17(5)12(4)11(2)3/h7-12,14H,6,16H2,1-5H3/t12?,14-/m1/s1. The van der Waals surface area contributed by atoms with Crippen LogP contribution in [-0.4, -0.2) is 13.1 Å². The third-order valence-corrected chi connectivity index (χ3v) is 3.73. The lowest BCUT2D eigenvalue weighted by atomic mass is 9.99. The highest BCUT2D eigenvalue weighted by Gasteiger charge is 2.18. The Morgan fingerprint density at radius 3 is 2.29 bits per heavy atom. The summed E-state index contributed by atoms with van der Waals surface area (Å²) in [4.78, 5) is 2.34. The number of para-hydroxylation sites is 1. The lowest BCUT2D eigenvalue weighted by Gasteiger charge is -2.32. The zero-order valence-electron chi connectivity index (χ0n) is 11.8. The molecule has 0 radical (unpaired) electrons. The molecule has 0 saturated carbocycles. The van der Waals surface area contributed by atoms with Crippen molar-refractivity contribution in [2.45, 2.75) is 46.2 Å². The SMILES string of the molecule is CC[C@@H](N)c1ccccc1N(C)C(C)C(C)C. The molecule has 0 saturated heterocycles. The molecule has 0 fully saturated rings. The van der Waals surface area contributed by atoms with Gasteiger partial charge in [0.05, 0.1) is 0 Å². The number of hydrogen-bond donors (Lipinski definition) is 1. The number of nitrogens with two attached hydrogens (primary N) is 1. The van der Waals surface area contributed by atoms with Crippen molar-refractivity contribution in [1.29, 1.82) is 0 Å². The molecular weight excluding hydrogens is 208 g/mol. The molecule has 0 aliphatic rings. The van der Waals surface area contributed by atoms with E-state index >= 15 is 0 Å². The van der Waals surface area contributed by atoms with Gasteiger partial charge in [0.15, 0.2) is 0 Å². The Hall–Kier alpha value is -1.02. The van der Waals surface area contributed by atoms with Gasteiger partial charge in [0.1, 0.15) is 0 Å². The summed E-state index contributed by atoms with van der Waals surface area (Å²) < 4.78 is 0. The Morgan fingerprint density at radius 1 is 1.18 bits per heavy atom. The van der Waals surface area contributed by atoms with Crippen molar-refractivity contribution in [1.82, 2.24) is 0 Å². The van der Waals surface area contributed by atoms with Gasteiger partial charge in [-0.2, -0.15) is 0 Å². The van der Waals surface area contributed by atoms with Gasteiger partial charge in [0, 0.05) is 24.8 Å². The Morgan fingerprint density at radius 2 is 1.76 bits per heavy atom. The van der Waals surface area contributed by atoms with E-state index in [0.717, 1.165) is 6.42 Å². The van der Waals surface area contributed by atoms with Crippen LogP contribution in [0.4, 0.5) is 5.69 Å². The molecule has 1 rings (SSSR count). The van der Waals surface area contributed by atoms with Crippen molar-refractivity contribution in [3.63, 3.8) is 0 Å². The first-order valence-electron chi connectivity index (χ1n) is 6.56. The van der Waals surface area contributed by atoms with E-state index in [-0.39, 0.29) is 6.04 Å². The average Bonchev–Trinajstić information content (AvgIpc) is 2.35. The topological polar surface area (TPSA) is 29.3 Å². The van der Waals surface area contributed by atoms with Crippen LogP contribution >= 0.6 is 0 Å². The summed E-state index contributed by atoms with van der Waals surface area (Å²) in [6.07, 6.45) is 0.973. The van der Waals surface area contributed by atoms with Crippen molar-refractivity contribution in [2.75, 3.05) is 11.9 Å². The number of anilines is 1. The van der Waals surface area contributed by atoms with E-state index in [1.54, 1.807) is 0 Å². The fraction of sp³-hybridized carbons (Fsp3) is 0.600. The third-order valence-electron chi connectivity index (χ3n) is 3.73. The largest absolute Gasteiger partial charge is 0.371 e. The number of benzene rings is 1. The summed E-state index contributed by atoms with van der Waals surface area (Å²) in [5, 5.41) is 0. The number of rotatable bonds is 5. The molecule has 2 atom stereocenters. The molecule has 17 heavy (non-hydrogen) atoms. The van der Waals surface area contributed by atoms with Gasteiger partial charge in [0.25, 0.3) is 0 Å². The van der Waals surface area contributed by atoms with Crippen LogP contribution in [0.1, 0.15) is 45.7 Å². The molecule has 1 aromatic carbocycles. The highest BCUT2D eigenvalue weighted by molar-refractivity contribution is 5.55. The van der Waals surface area contributed by atoms with Crippen LogP contribution in [0.3, 0.4) is 0 Å². The van der Waals surface area contributed by atoms with Gasteiger partial charge in [-0.15, -0.1) is 0 Å². The molecule has 1 unspecified atom stereocenters. The zero-order valence-corrected chi connectivity index (χ0v) is 11.8. The van der Waals surface area contributed by atoms with E-state index in [1.807, 2.05) is 0 Å². The van der Waals surface area contributed by atoms with Crippen LogP contribution in [0.5, 0.6) is 0 Å². The number of nitrogens with zero attached hydrogens (tertiary/aromatic N) is 1. The molecular formula is C15H26N2. The van der Waals surface area contributed by atoms with Crippen LogP contribution < -0.4 is 10.6 Å². The predicted octanol–water partition coefficient (Wildman–Crippen LogP) is 3.58. The van der Waals surface area contributed by atoms with Gasteiger partial charge in [-0.1, -0.05) is 39.0 Å². The first-order valence-corrected chi connectivity index (χ1v) is 6.56. The summed E-state index contributed by atoms with van der Waals surface area (Å²) >= 11 is 0. The first-order chi connectivity index (χ1) is 7.99. The summed E-state index contributed by atoms with van der Waals surface area (Å²) in [6, 6.07) is 9.12. The lowest BCUT2D eigenvalue weighted by Crippen LogP contribution is -2.34. The minimum absolute atomic E-state index is 0.132. The van der Waals surface area contributed by atoms with Crippen LogP contribution in [0.2, 0.25) is 0 Å². The van der Waals surface area contributed by atoms with Crippen LogP contribution in [-0.2, 0) is 0 Å². The molecule has 2 nitrogen and oxygen atoms in total. The van der Waals surface area contributed by atoms with Crippen LogP contribution in [0, 0.1) is 5.92 Å². The molecule has 0 aliphatic heterocycles. The molecule has 96 valence electrons. The van der Waals surface area contributed by atoms with Crippen LogP contribution in [0.25, 0.3) is 0 Å². The van der Waals surface area contributed by atoms with E-state index < -0.39 is 0 Å². The minimum Gasteiger partial charge on any atom is -0.371 e. The van der Waals surface area contributed by atoms with Crippen molar-refractivity contribution in [2.24, 2.45) is 11.7 Å². The normalized spacial score (nSPS) is 14.8. The molecule has 0 heterocycles. The van der Waals surface area contributed by atoms with E-state index in [0.29, 0.717) is 12.0 Å². The predicted molar refractivity (Wildman–Crippen MR) is 76.4 cm³/mol. The van der Waals surface area contributed by atoms with E-state index in [9.17, 15) is 0 Å². The second kappa shape index (κ2) is 6.06. The molecule has 0 aliphatic carbocycles. The monoisotopic (exact) mass is 234 g/mol. The molecule has 0 aromatic heterocycles. The lowest BCUT2D eigenvalue weighted by molar-refractivity contribution is 0.503. The molecule has 2 heteroatoms. The van der Waals surface area contributed by atoms with Crippen LogP contribution in [0.15, 0.2) is 24.3 Å². The van der Waals surface area contributed by atoms with Gasteiger partial charge < -0.3 is 10.6 Å². The second-order valence-electron chi connectivity index (χ2n) is 5.17. The van der Waals surface area contributed by atoms with Crippen molar-refractivity contribution in [3.8, 4) is 0 Å². The van der Waals surface area contributed by atoms with Gasteiger partial charge in [-0.25, -0.2) is 0 Å². The zero-order chi connectivity index (χ0) is 13.0. The maximum absolute atomic E-state index is 6.18.